The van der Waals surface area contributed by atoms with Crippen molar-refractivity contribution < 1.29 is 23.8 Å². The summed E-state index contributed by atoms with van der Waals surface area (Å²) >= 11 is 0. The molecule has 8 heteroatoms. The van der Waals surface area contributed by atoms with Gasteiger partial charge in [-0.05, 0) is 42.0 Å². The number of hydrogen-bond acceptors (Lipinski definition) is 6. The quantitative estimate of drug-likeness (QED) is 0.792. The molecule has 152 valence electrons. The van der Waals surface area contributed by atoms with Crippen molar-refractivity contribution in [2.24, 2.45) is 0 Å². The van der Waals surface area contributed by atoms with E-state index >= 15 is 0 Å². The van der Waals surface area contributed by atoms with E-state index in [1.807, 2.05) is 18.2 Å². The largest absolute Gasteiger partial charge is 0.497 e. The molecule has 29 heavy (non-hydrogen) atoms. The third-order valence-corrected chi connectivity index (χ3v) is 5.04. The summed E-state index contributed by atoms with van der Waals surface area (Å²) in [6.45, 7) is 3.46. The molecule has 1 N–H and O–H groups in total. The summed E-state index contributed by atoms with van der Waals surface area (Å²) in [7, 11) is 1.57. The van der Waals surface area contributed by atoms with Gasteiger partial charge in [0.1, 0.15) is 5.75 Å². The topological polar surface area (TPSA) is 80.3 Å². The molecule has 0 atom stereocenters. The first-order valence-corrected chi connectivity index (χ1v) is 9.47. The Bertz CT molecular complexity index is 892. The van der Waals surface area contributed by atoms with Gasteiger partial charge in [0.2, 0.25) is 6.79 Å². The van der Waals surface area contributed by atoms with Crippen LogP contribution in [0.3, 0.4) is 0 Å². The summed E-state index contributed by atoms with van der Waals surface area (Å²) in [5.74, 6) is 1.09. The van der Waals surface area contributed by atoms with Crippen LogP contribution in [0.2, 0.25) is 0 Å². The minimum absolute atomic E-state index is 0.262. The molecular formula is C21H23N3O5. The second-order valence-corrected chi connectivity index (χ2v) is 6.94. The summed E-state index contributed by atoms with van der Waals surface area (Å²) in [5.41, 5.74) is 1.69. The number of ether oxygens (including phenoxy) is 3. The number of piperazine rings is 1. The van der Waals surface area contributed by atoms with Gasteiger partial charge in [0.25, 0.3) is 0 Å². The van der Waals surface area contributed by atoms with Crippen LogP contribution < -0.4 is 19.5 Å². The molecule has 2 amide bonds. The molecule has 0 spiro atoms. The Morgan fingerprint density at radius 1 is 1.00 bits per heavy atom. The Kier molecular flexibility index (Phi) is 5.53. The highest BCUT2D eigenvalue weighted by atomic mass is 16.7. The van der Waals surface area contributed by atoms with E-state index < -0.39 is 11.8 Å². The van der Waals surface area contributed by atoms with Crippen molar-refractivity contribution in [3.63, 3.8) is 0 Å². The molecule has 8 nitrogen and oxygen atoms in total. The number of nitrogens with zero attached hydrogens (tertiary/aromatic N) is 2. The van der Waals surface area contributed by atoms with Gasteiger partial charge in [0.05, 0.1) is 7.11 Å². The number of nitrogens with one attached hydrogen (secondary N) is 1. The normalized spacial score (nSPS) is 15.8. The predicted molar refractivity (Wildman–Crippen MR) is 106 cm³/mol. The lowest BCUT2D eigenvalue weighted by Crippen LogP contribution is -2.51. The van der Waals surface area contributed by atoms with Crippen LogP contribution in [0.1, 0.15) is 5.56 Å². The molecule has 2 aromatic carbocycles. The zero-order valence-corrected chi connectivity index (χ0v) is 16.2. The van der Waals surface area contributed by atoms with Crippen LogP contribution in [-0.2, 0) is 16.1 Å². The lowest BCUT2D eigenvalue weighted by molar-refractivity contribution is -0.144. The number of amides is 2. The Hall–Kier alpha value is -3.26. The lowest BCUT2D eigenvalue weighted by Gasteiger charge is -2.34. The number of carbonyl (C=O) groups excluding carboxylic acids is 2. The summed E-state index contributed by atoms with van der Waals surface area (Å²) < 4.78 is 15.8. The average Bonchev–Trinajstić information content (AvgIpc) is 3.22. The molecule has 2 heterocycles. The van der Waals surface area contributed by atoms with Crippen LogP contribution in [-0.4, -0.2) is 61.7 Å². The van der Waals surface area contributed by atoms with Gasteiger partial charge in [-0.2, -0.15) is 0 Å². The van der Waals surface area contributed by atoms with E-state index in [2.05, 4.69) is 10.2 Å². The first kappa shape index (κ1) is 19.1. The van der Waals surface area contributed by atoms with Crippen molar-refractivity contribution in [1.82, 2.24) is 9.80 Å². The van der Waals surface area contributed by atoms with Crippen LogP contribution in [0.5, 0.6) is 17.2 Å². The first-order chi connectivity index (χ1) is 14.1. The van der Waals surface area contributed by atoms with Gasteiger partial charge in [0, 0.05) is 38.4 Å². The summed E-state index contributed by atoms with van der Waals surface area (Å²) in [6.07, 6.45) is 0. The van der Waals surface area contributed by atoms with Crippen molar-refractivity contribution in [3.05, 3.63) is 48.0 Å². The minimum atomic E-state index is -0.626. The number of anilines is 1. The maximum Gasteiger partial charge on any atom is 0.313 e. The van der Waals surface area contributed by atoms with Crippen LogP contribution in [0.15, 0.2) is 42.5 Å². The van der Waals surface area contributed by atoms with Gasteiger partial charge in [-0.25, -0.2) is 0 Å². The fraction of sp³-hybridized carbons (Fsp3) is 0.333. The molecule has 2 aromatic rings. The van der Waals surface area contributed by atoms with Gasteiger partial charge in [-0.1, -0.05) is 6.07 Å². The third-order valence-electron chi connectivity index (χ3n) is 5.04. The second-order valence-electron chi connectivity index (χ2n) is 6.94. The summed E-state index contributed by atoms with van der Waals surface area (Å²) in [5, 5.41) is 2.64. The van der Waals surface area contributed by atoms with E-state index in [1.165, 1.54) is 0 Å². The molecule has 0 radical (unpaired) electrons. The molecule has 1 saturated heterocycles. The second kappa shape index (κ2) is 8.40. The molecule has 1 fully saturated rings. The summed E-state index contributed by atoms with van der Waals surface area (Å²) in [4.78, 5) is 28.6. The van der Waals surface area contributed by atoms with E-state index in [0.29, 0.717) is 37.6 Å². The number of hydrogen-bond donors (Lipinski definition) is 1. The Morgan fingerprint density at radius 3 is 2.45 bits per heavy atom. The van der Waals surface area contributed by atoms with Crippen molar-refractivity contribution >= 4 is 17.5 Å². The van der Waals surface area contributed by atoms with E-state index in [0.717, 1.165) is 23.6 Å². The van der Waals surface area contributed by atoms with Crippen LogP contribution in [0.25, 0.3) is 0 Å². The van der Waals surface area contributed by atoms with Crippen LogP contribution in [0.4, 0.5) is 5.69 Å². The minimum Gasteiger partial charge on any atom is -0.497 e. The van der Waals surface area contributed by atoms with E-state index in [1.54, 1.807) is 36.3 Å². The molecule has 0 unspecified atom stereocenters. The molecule has 2 aliphatic heterocycles. The molecular weight excluding hydrogens is 374 g/mol. The van der Waals surface area contributed by atoms with Crippen LogP contribution >= 0.6 is 0 Å². The molecule has 0 bridgehead atoms. The van der Waals surface area contributed by atoms with Gasteiger partial charge in [-0.15, -0.1) is 0 Å². The maximum atomic E-state index is 12.5. The van der Waals surface area contributed by atoms with Gasteiger partial charge >= 0.3 is 11.8 Å². The Balaban J connectivity index is 1.27. The molecule has 0 aromatic heterocycles. The van der Waals surface area contributed by atoms with Crippen molar-refractivity contribution in [1.29, 1.82) is 0 Å². The number of carbonyl (C=O) groups is 2. The highest BCUT2D eigenvalue weighted by Gasteiger charge is 2.26. The van der Waals surface area contributed by atoms with E-state index in [9.17, 15) is 9.59 Å². The predicted octanol–water partition coefficient (Wildman–Crippen LogP) is 1.71. The van der Waals surface area contributed by atoms with E-state index in [-0.39, 0.29) is 6.79 Å². The van der Waals surface area contributed by atoms with Crippen molar-refractivity contribution in [3.8, 4) is 17.2 Å². The highest BCUT2D eigenvalue weighted by molar-refractivity contribution is 6.39. The lowest BCUT2D eigenvalue weighted by atomic mass is 10.1. The Labute approximate surface area is 168 Å². The molecule has 2 aliphatic rings. The zero-order chi connectivity index (χ0) is 20.2. The van der Waals surface area contributed by atoms with Crippen molar-refractivity contribution in [2.75, 3.05) is 45.4 Å². The molecule has 0 aliphatic carbocycles. The number of fused-ring (bicyclic) bond motifs is 1. The van der Waals surface area contributed by atoms with Crippen LogP contribution in [0, 0.1) is 0 Å². The Morgan fingerprint density at radius 2 is 1.72 bits per heavy atom. The van der Waals surface area contributed by atoms with E-state index in [4.69, 9.17) is 14.2 Å². The third kappa shape index (κ3) is 4.43. The zero-order valence-electron chi connectivity index (χ0n) is 16.2. The van der Waals surface area contributed by atoms with Gasteiger partial charge < -0.3 is 24.4 Å². The fourth-order valence-corrected chi connectivity index (χ4v) is 3.41. The number of benzene rings is 2. The number of methoxy groups -OCH3 is 1. The fourth-order valence-electron chi connectivity index (χ4n) is 3.41. The molecule has 0 saturated carbocycles. The standard InChI is InChI=1S/C21H23N3O5/c1-27-17-5-3-16(4-6-17)22-20(25)21(26)24-10-8-23(9-11-24)13-15-2-7-18-19(12-15)29-14-28-18/h2-7,12H,8-11,13-14H2,1H3,(H,22,25). The first-order valence-electron chi connectivity index (χ1n) is 9.47. The van der Waals surface area contributed by atoms with Gasteiger partial charge in [0.15, 0.2) is 11.5 Å². The van der Waals surface area contributed by atoms with Gasteiger partial charge in [-0.3, -0.25) is 14.5 Å². The summed E-state index contributed by atoms with van der Waals surface area (Å²) in [6, 6.07) is 12.8. The highest BCUT2D eigenvalue weighted by Crippen LogP contribution is 2.32. The number of rotatable bonds is 4. The maximum absolute atomic E-state index is 12.5. The monoisotopic (exact) mass is 397 g/mol. The average molecular weight is 397 g/mol. The molecule has 4 rings (SSSR count). The van der Waals surface area contributed by atoms with Crippen molar-refractivity contribution in [2.45, 2.75) is 6.54 Å². The smallest absolute Gasteiger partial charge is 0.313 e. The SMILES string of the molecule is COc1ccc(NC(=O)C(=O)N2CCN(Cc3ccc4c(c3)OCO4)CC2)cc1.